The van der Waals surface area contributed by atoms with Gasteiger partial charge in [-0.25, -0.2) is 8.42 Å². The Labute approximate surface area is 151 Å². The summed E-state index contributed by atoms with van der Waals surface area (Å²) in [7, 11) is -3.28. The average molecular weight is 393 g/mol. The van der Waals surface area contributed by atoms with Crippen molar-refractivity contribution in [3.8, 4) is 0 Å². The number of sulfone groups is 1. The van der Waals surface area contributed by atoms with E-state index in [0.717, 1.165) is 6.26 Å². The summed E-state index contributed by atoms with van der Waals surface area (Å²) in [5, 5.41) is 5.53. The first-order valence-electron chi connectivity index (χ1n) is 6.96. The molecule has 0 radical (unpaired) electrons. The molecule has 0 heterocycles. The normalized spacial score (nSPS) is 12.3. The Morgan fingerprint density at radius 3 is 2.54 bits per heavy atom. The van der Waals surface area contributed by atoms with Crippen LogP contribution in [-0.2, 0) is 14.6 Å². The fourth-order valence-electron chi connectivity index (χ4n) is 1.81. The molecule has 1 rings (SSSR count). The first kappa shape index (κ1) is 20.5. The summed E-state index contributed by atoms with van der Waals surface area (Å²) in [5.74, 6) is -1.34. The molecule has 0 spiro atoms. The fourth-order valence-corrected chi connectivity index (χ4v) is 2.96. The Bertz CT molecular complexity index is 735. The summed E-state index contributed by atoms with van der Waals surface area (Å²) < 4.78 is 22.6. The minimum Gasteiger partial charge on any atom is -0.351 e. The van der Waals surface area contributed by atoms with Crippen molar-refractivity contribution in [2.45, 2.75) is 12.5 Å². The van der Waals surface area contributed by atoms with Gasteiger partial charge < -0.3 is 10.6 Å². The molecule has 1 aromatic carbocycles. The van der Waals surface area contributed by atoms with Crippen molar-refractivity contribution in [3.63, 3.8) is 0 Å². The van der Waals surface area contributed by atoms with E-state index in [4.69, 9.17) is 23.2 Å². The van der Waals surface area contributed by atoms with E-state index in [0.29, 0.717) is 5.02 Å². The molecule has 0 aliphatic rings. The number of carbonyl (C=O) groups excluding carboxylic acids is 2. The van der Waals surface area contributed by atoms with Crippen LogP contribution < -0.4 is 10.6 Å². The van der Waals surface area contributed by atoms with Crippen molar-refractivity contribution in [2.24, 2.45) is 0 Å². The number of rotatable bonds is 8. The number of carbonyl (C=O) groups is 2. The first-order chi connectivity index (χ1) is 11.1. The maximum Gasteiger partial charge on any atom is 0.253 e. The lowest BCUT2D eigenvalue weighted by atomic mass is 10.1. The zero-order valence-corrected chi connectivity index (χ0v) is 15.3. The molecule has 0 saturated heterocycles. The number of nitrogens with one attached hydrogen (secondary N) is 2. The summed E-state index contributed by atoms with van der Waals surface area (Å²) >= 11 is 11.7. The first-order valence-corrected chi connectivity index (χ1v) is 9.78. The molecule has 1 atom stereocenters. The molecular weight excluding hydrogens is 375 g/mol. The lowest BCUT2D eigenvalue weighted by Crippen LogP contribution is -2.47. The minimum absolute atomic E-state index is 0.0568. The van der Waals surface area contributed by atoms with E-state index in [-0.39, 0.29) is 29.3 Å². The van der Waals surface area contributed by atoms with Crippen molar-refractivity contribution in [1.82, 2.24) is 10.6 Å². The van der Waals surface area contributed by atoms with Gasteiger partial charge in [-0.2, -0.15) is 0 Å². The molecule has 2 N–H and O–H groups in total. The monoisotopic (exact) mass is 392 g/mol. The largest absolute Gasteiger partial charge is 0.351 e. The standard InChI is InChI=1S/C15H18Cl2N2O4S/c1-3-7-18-15(21)13(6-8-24(2,22)23)19-14(20)11-5-4-10(16)9-12(11)17/h3-5,9,13H,1,6-8H2,2H3,(H,18,21)(H,19,20)/t13-/m1/s1. The molecule has 9 heteroatoms. The number of hydrogen-bond donors (Lipinski definition) is 2. The van der Waals surface area contributed by atoms with E-state index in [1.165, 1.54) is 24.3 Å². The van der Waals surface area contributed by atoms with Crippen molar-refractivity contribution in [2.75, 3.05) is 18.6 Å². The van der Waals surface area contributed by atoms with Gasteiger partial charge in [0.1, 0.15) is 15.9 Å². The Morgan fingerprint density at radius 2 is 2.00 bits per heavy atom. The minimum atomic E-state index is -3.28. The van der Waals surface area contributed by atoms with Crippen LogP contribution in [0.25, 0.3) is 0 Å². The van der Waals surface area contributed by atoms with Crippen LogP contribution in [0, 0.1) is 0 Å². The molecule has 0 aromatic heterocycles. The second kappa shape index (κ2) is 9.05. The SMILES string of the molecule is C=CCNC(=O)[C@@H](CCS(C)(=O)=O)NC(=O)c1ccc(Cl)cc1Cl. The highest BCUT2D eigenvalue weighted by Crippen LogP contribution is 2.21. The van der Waals surface area contributed by atoms with Crippen LogP contribution in [-0.4, -0.2) is 44.8 Å². The molecule has 2 amide bonds. The summed E-state index contributed by atoms with van der Waals surface area (Å²) in [4.78, 5) is 24.4. The second-order valence-electron chi connectivity index (χ2n) is 5.10. The third kappa shape index (κ3) is 6.90. The summed E-state index contributed by atoms with van der Waals surface area (Å²) in [6.07, 6.45) is 2.48. The van der Waals surface area contributed by atoms with Crippen molar-refractivity contribution >= 4 is 44.9 Å². The quantitative estimate of drug-likeness (QED) is 0.659. The highest BCUT2D eigenvalue weighted by molar-refractivity contribution is 7.90. The highest BCUT2D eigenvalue weighted by Gasteiger charge is 2.23. The molecule has 6 nitrogen and oxygen atoms in total. The predicted octanol–water partition coefficient (Wildman–Crippen LogP) is 1.83. The van der Waals surface area contributed by atoms with E-state index in [2.05, 4.69) is 17.2 Å². The number of benzene rings is 1. The summed E-state index contributed by atoms with van der Waals surface area (Å²) in [6.45, 7) is 3.68. The Morgan fingerprint density at radius 1 is 1.33 bits per heavy atom. The van der Waals surface area contributed by atoms with Crippen LogP contribution in [0.3, 0.4) is 0 Å². The third-order valence-corrected chi connectivity index (χ3v) is 4.52. The zero-order chi connectivity index (χ0) is 18.3. The Balaban J connectivity index is 2.91. The van der Waals surface area contributed by atoms with E-state index in [1.807, 2.05) is 0 Å². The fraction of sp³-hybridized carbons (Fsp3) is 0.333. The predicted molar refractivity (Wildman–Crippen MR) is 95.3 cm³/mol. The van der Waals surface area contributed by atoms with Crippen LogP contribution >= 0.6 is 23.2 Å². The van der Waals surface area contributed by atoms with E-state index in [1.54, 1.807) is 0 Å². The van der Waals surface area contributed by atoms with Crippen LogP contribution in [0.15, 0.2) is 30.9 Å². The van der Waals surface area contributed by atoms with Gasteiger partial charge in [-0.1, -0.05) is 29.3 Å². The zero-order valence-electron chi connectivity index (χ0n) is 13.0. The lowest BCUT2D eigenvalue weighted by molar-refractivity contribution is -0.122. The number of amides is 2. The van der Waals surface area contributed by atoms with Gasteiger partial charge in [0.2, 0.25) is 5.91 Å². The molecule has 0 fully saturated rings. The van der Waals surface area contributed by atoms with Gasteiger partial charge >= 0.3 is 0 Å². The van der Waals surface area contributed by atoms with Crippen LogP contribution in [0.4, 0.5) is 0 Å². The maximum absolute atomic E-state index is 12.3. The van der Waals surface area contributed by atoms with E-state index >= 15 is 0 Å². The Hall–Kier alpha value is -1.57. The van der Waals surface area contributed by atoms with Gasteiger partial charge in [0.25, 0.3) is 5.91 Å². The molecule has 1 aromatic rings. The van der Waals surface area contributed by atoms with Crippen molar-refractivity contribution in [1.29, 1.82) is 0 Å². The third-order valence-electron chi connectivity index (χ3n) is 3.00. The smallest absolute Gasteiger partial charge is 0.253 e. The van der Waals surface area contributed by atoms with Gasteiger partial charge in [0, 0.05) is 17.8 Å². The topological polar surface area (TPSA) is 92.3 Å². The van der Waals surface area contributed by atoms with Gasteiger partial charge in [-0.3, -0.25) is 9.59 Å². The van der Waals surface area contributed by atoms with Crippen LogP contribution in [0.5, 0.6) is 0 Å². The van der Waals surface area contributed by atoms with Crippen LogP contribution in [0.1, 0.15) is 16.8 Å². The molecule has 0 bridgehead atoms. The average Bonchev–Trinajstić information content (AvgIpc) is 2.47. The summed E-state index contributed by atoms with van der Waals surface area (Å²) in [5.41, 5.74) is 0.141. The number of halogens is 2. The Kier molecular flexibility index (Phi) is 7.72. The van der Waals surface area contributed by atoms with Gasteiger partial charge in [-0.15, -0.1) is 6.58 Å². The molecule has 24 heavy (non-hydrogen) atoms. The van der Waals surface area contributed by atoms with Gasteiger partial charge in [0.05, 0.1) is 16.3 Å². The van der Waals surface area contributed by atoms with Gasteiger partial charge in [0.15, 0.2) is 0 Å². The molecular formula is C15H18Cl2N2O4S. The number of hydrogen-bond acceptors (Lipinski definition) is 4. The summed E-state index contributed by atoms with van der Waals surface area (Å²) in [6, 6.07) is 3.31. The second-order valence-corrected chi connectivity index (χ2v) is 8.21. The molecule has 132 valence electrons. The van der Waals surface area contributed by atoms with Crippen LogP contribution in [0.2, 0.25) is 10.0 Å². The van der Waals surface area contributed by atoms with Crippen molar-refractivity contribution in [3.05, 3.63) is 46.5 Å². The van der Waals surface area contributed by atoms with E-state index < -0.39 is 27.7 Å². The molecule has 0 saturated carbocycles. The highest BCUT2D eigenvalue weighted by atomic mass is 35.5. The van der Waals surface area contributed by atoms with Gasteiger partial charge in [-0.05, 0) is 24.6 Å². The lowest BCUT2D eigenvalue weighted by Gasteiger charge is -2.18. The molecule has 0 aliphatic heterocycles. The van der Waals surface area contributed by atoms with Crippen molar-refractivity contribution < 1.29 is 18.0 Å². The molecule has 0 aliphatic carbocycles. The maximum atomic E-state index is 12.3. The molecule has 0 unspecified atom stereocenters. The van der Waals surface area contributed by atoms with E-state index in [9.17, 15) is 18.0 Å².